The van der Waals surface area contributed by atoms with E-state index in [0.29, 0.717) is 18.6 Å². The molecule has 2 aromatic rings. The highest BCUT2D eigenvalue weighted by molar-refractivity contribution is 5.99. The molecule has 3 aliphatic rings. The largest absolute Gasteiger partial charge is 0.503 e. The van der Waals surface area contributed by atoms with Gasteiger partial charge in [-0.3, -0.25) is 14.4 Å². The van der Waals surface area contributed by atoms with Crippen LogP contribution >= 0.6 is 0 Å². The summed E-state index contributed by atoms with van der Waals surface area (Å²) in [6, 6.07) is 0.912. The van der Waals surface area contributed by atoms with Crippen LogP contribution in [0.4, 0.5) is 13.2 Å². The zero-order valence-electron chi connectivity index (χ0n) is 16.6. The summed E-state index contributed by atoms with van der Waals surface area (Å²) >= 11 is 0. The Morgan fingerprint density at radius 1 is 1.19 bits per heavy atom. The van der Waals surface area contributed by atoms with E-state index in [1.54, 1.807) is 0 Å². The summed E-state index contributed by atoms with van der Waals surface area (Å²) in [5.41, 5.74) is -2.40. The van der Waals surface area contributed by atoms with Gasteiger partial charge in [-0.1, -0.05) is 0 Å². The van der Waals surface area contributed by atoms with Crippen LogP contribution in [-0.2, 0) is 17.8 Å². The number of ether oxygens (including phenoxy) is 1. The number of pyridine rings is 1. The van der Waals surface area contributed by atoms with E-state index in [1.807, 2.05) is 0 Å². The lowest BCUT2D eigenvalue weighted by Gasteiger charge is -2.44. The minimum Gasteiger partial charge on any atom is -0.503 e. The Bertz CT molecular complexity index is 1190. The Kier molecular flexibility index (Phi) is 4.73. The molecule has 1 unspecified atom stereocenters. The standard InChI is InChI=1S/C21H18F3N3O5/c22-9-3-14(23)12(15(24)4-9)6-25-20(30)13-7-26-8-16-27(10-1-2-11(5-10)32-16)21(31)17(26)19(29)18(13)28/h3-4,7,10-11,16,29H,1-2,5-6,8H2,(H,25,30)/t10-,11?,16-/m0/s1. The van der Waals surface area contributed by atoms with Gasteiger partial charge in [0.05, 0.1) is 12.6 Å². The van der Waals surface area contributed by atoms with Gasteiger partial charge in [0, 0.05) is 36.5 Å². The Labute approximate surface area is 179 Å². The van der Waals surface area contributed by atoms with Gasteiger partial charge in [-0.15, -0.1) is 0 Å². The number of rotatable bonds is 3. The number of halogens is 3. The van der Waals surface area contributed by atoms with Gasteiger partial charge in [0.1, 0.15) is 23.0 Å². The first-order valence-corrected chi connectivity index (χ1v) is 10.1. The van der Waals surface area contributed by atoms with E-state index in [-0.39, 0.29) is 24.4 Å². The predicted molar refractivity (Wildman–Crippen MR) is 102 cm³/mol. The van der Waals surface area contributed by atoms with Crippen LogP contribution in [0.5, 0.6) is 5.75 Å². The fraction of sp³-hybridized carbons (Fsp3) is 0.381. The van der Waals surface area contributed by atoms with Crippen molar-refractivity contribution in [1.82, 2.24) is 14.8 Å². The molecule has 2 bridgehead atoms. The summed E-state index contributed by atoms with van der Waals surface area (Å²) in [7, 11) is 0. The molecule has 1 saturated carbocycles. The molecule has 0 radical (unpaired) electrons. The molecule has 3 heterocycles. The maximum absolute atomic E-state index is 13.8. The van der Waals surface area contributed by atoms with Crippen molar-refractivity contribution in [3.63, 3.8) is 0 Å². The van der Waals surface area contributed by atoms with Crippen molar-refractivity contribution in [2.75, 3.05) is 0 Å². The van der Waals surface area contributed by atoms with E-state index in [0.717, 1.165) is 19.0 Å². The molecule has 1 aromatic heterocycles. The smallest absolute Gasteiger partial charge is 0.276 e. The second-order valence-corrected chi connectivity index (χ2v) is 8.14. The summed E-state index contributed by atoms with van der Waals surface area (Å²) in [5.74, 6) is -5.93. The van der Waals surface area contributed by atoms with Crippen molar-refractivity contribution in [3.8, 4) is 5.75 Å². The molecule has 2 aliphatic heterocycles. The molecule has 5 rings (SSSR count). The molecule has 0 spiro atoms. The van der Waals surface area contributed by atoms with Crippen LogP contribution in [0.3, 0.4) is 0 Å². The Hall–Kier alpha value is -3.34. The van der Waals surface area contributed by atoms with E-state index < -0.39 is 64.3 Å². The highest BCUT2D eigenvalue weighted by Gasteiger charge is 2.47. The van der Waals surface area contributed by atoms with Crippen LogP contribution in [-0.4, -0.2) is 44.8 Å². The van der Waals surface area contributed by atoms with E-state index in [4.69, 9.17) is 4.74 Å². The third-order valence-electron chi connectivity index (χ3n) is 6.23. The molecule has 2 amide bonds. The van der Waals surface area contributed by atoms with Crippen molar-refractivity contribution < 1.29 is 32.6 Å². The molecule has 2 N–H and O–H groups in total. The number of amides is 2. The zero-order chi connectivity index (χ0) is 22.7. The minimum absolute atomic E-state index is 0.0296. The van der Waals surface area contributed by atoms with Crippen LogP contribution < -0.4 is 10.7 Å². The molecular weight excluding hydrogens is 431 g/mol. The van der Waals surface area contributed by atoms with Crippen molar-refractivity contribution in [1.29, 1.82) is 0 Å². The lowest BCUT2D eigenvalue weighted by Crippen LogP contribution is -2.57. The lowest BCUT2D eigenvalue weighted by atomic mass is 10.1. The normalized spacial score (nSPS) is 23.7. The molecule has 1 saturated heterocycles. The van der Waals surface area contributed by atoms with Gasteiger partial charge in [0.25, 0.3) is 11.8 Å². The van der Waals surface area contributed by atoms with Crippen molar-refractivity contribution in [2.24, 2.45) is 0 Å². The third-order valence-corrected chi connectivity index (χ3v) is 6.23. The summed E-state index contributed by atoms with van der Waals surface area (Å²) in [6.45, 7) is -0.538. The monoisotopic (exact) mass is 449 g/mol. The van der Waals surface area contributed by atoms with Crippen molar-refractivity contribution >= 4 is 11.8 Å². The number of fused-ring (bicyclic) bond motifs is 5. The molecule has 2 fully saturated rings. The molecule has 3 atom stereocenters. The van der Waals surface area contributed by atoms with Gasteiger partial charge in [0.2, 0.25) is 5.43 Å². The Morgan fingerprint density at radius 2 is 1.91 bits per heavy atom. The second-order valence-electron chi connectivity index (χ2n) is 8.14. The molecule has 1 aliphatic carbocycles. The Balaban J connectivity index is 1.44. The number of aromatic nitrogens is 1. The van der Waals surface area contributed by atoms with Gasteiger partial charge in [-0.2, -0.15) is 0 Å². The van der Waals surface area contributed by atoms with Crippen LogP contribution in [0.25, 0.3) is 0 Å². The fourth-order valence-electron chi connectivity index (χ4n) is 4.72. The summed E-state index contributed by atoms with van der Waals surface area (Å²) in [4.78, 5) is 39.7. The number of carbonyl (C=O) groups is 2. The van der Waals surface area contributed by atoms with Crippen LogP contribution in [0.2, 0.25) is 0 Å². The third kappa shape index (κ3) is 3.15. The van der Waals surface area contributed by atoms with Crippen molar-refractivity contribution in [3.05, 3.63) is 62.8 Å². The minimum atomic E-state index is -1.19. The van der Waals surface area contributed by atoms with Crippen LogP contribution in [0, 0.1) is 17.5 Å². The first-order valence-electron chi connectivity index (χ1n) is 10.1. The van der Waals surface area contributed by atoms with E-state index >= 15 is 0 Å². The average molecular weight is 449 g/mol. The number of nitrogens with zero attached hydrogens (tertiary/aromatic N) is 2. The van der Waals surface area contributed by atoms with Gasteiger partial charge in [-0.25, -0.2) is 13.2 Å². The molecule has 11 heteroatoms. The molecule has 32 heavy (non-hydrogen) atoms. The summed E-state index contributed by atoms with van der Waals surface area (Å²) in [5, 5.41) is 12.6. The zero-order valence-corrected chi connectivity index (χ0v) is 16.6. The SMILES string of the molecule is O=C(NCc1c(F)cc(F)cc1F)c1cn2c(c(O)c1=O)C(=O)N1[C@H]3CCC(C3)O[C@H]1C2. The van der Waals surface area contributed by atoms with E-state index in [9.17, 15) is 32.7 Å². The fourth-order valence-corrected chi connectivity index (χ4v) is 4.72. The lowest BCUT2D eigenvalue weighted by molar-refractivity contribution is -0.132. The molecule has 168 valence electrons. The summed E-state index contributed by atoms with van der Waals surface area (Å²) < 4.78 is 47.9. The maximum atomic E-state index is 13.8. The molecule has 1 aromatic carbocycles. The Morgan fingerprint density at radius 3 is 2.62 bits per heavy atom. The number of hydrogen-bond donors (Lipinski definition) is 2. The van der Waals surface area contributed by atoms with Gasteiger partial charge >= 0.3 is 0 Å². The molecule has 8 nitrogen and oxygen atoms in total. The second kappa shape index (κ2) is 7.37. The number of benzene rings is 1. The van der Waals surface area contributed by atoms with Crippen LogP contribution in [0.15, 0.2) is 23.1 Å². The summed E-state index contributed by atoms with van der Waals surface area (Å²) in [6.07, 6.45) is 2.86. The highest BCUT2D eigenvalue weighted by atomic mass is 19.1. The maximum Gasteiger partial charge on any atom is 0.276 e. The number of hydrogen-bond acceptors (Lipinski definition) is 5. The van der Waals surface area contributed by atoms with Crippen molar-refractivity contribution in [2.45, 2.75) is 50.7 Å². The molecular formula is C21H18F3N3O5. The van der Waals surface area contributed by atoms with Gasteiger partial charge < -0.3 is 24.6 Å². The highest BCUT2D eigenvalue weighted by Crippen LogP contribution is 2.38. The number of aromatic hydroxyl groups is 1. The van der Waals surface area contributed by atoms with E-state index in [2.05, 4.69) is 5.32 Å². The quantitative estimate of drug-likeness (QED) is 0.742. The number of carbonyl (C=O) groups excluding carboxylic acids is 2. The first kappa shape index (κ1) is 20.6. The van der Waals surface area contributed by atoms with E-state index in [1.165, 1.54) is 9.47 Å². The first-order chi connectivity index (χ1) is 15.2. The number of nitrogens with one attached hydrogen (secondary N) is 1. The van der Waals surface area contributed by atoms with Crippen LogP contribution in [0.1, 0.15) is 45.7 Å². The van der Waals surface area contributed by atoms with Gasteiger partial charge in [-0.05, 0) is 19.3 Å². The predicted octanol–water partition coefficient (Wildman–Crippen LogP) is 1.63. The topological polar surface area (TPSA) is 101 Å². The average Bonchev–Trinajstić information content (AvgIpc) is 3.10. The van der Waals surface area contributed by atoms with Gasteiger partial charge in [0.15, 0.2) is 17.7 Å².